The molecule has 2 amide bonds. The van der Waals surface area contributed by atoms with E-state index < -0.39 is 0 Å². The predicted molar refractivity (Wildman–Crippen MR) is 106 cm³/mol. The monoisotopic (exact) mass is 395 g/mol. The highest BCUT2D eigenvalue weighted by Gasteiger charge is 2.12. The first-order valence-corrected chi connectivity index (χ1v) is 8.87. The molecule has 0 aliphatic rings. The van der Waals surface area contributed by atoms with Gasteiger partial charge >= 0.3 is 0 Å². The summed E-state index contributed by atoms with van der Waals surface area (Å²) in [7, 11) is 3.04. The van der Waals surface area contributed by atoms with Gasteiger partial charge in [-0.15, -0.1) is 5.10 Å². The number of nitrogens with zero attached hydrogens (tertiary/aromatic N) is 3. The summed E-state index contributed by atoms with van der Waals surface area (Å²) in [4.78, 5) is 24.5. The van der Waals surface area contributed by atoms with Gasteiger partial charge in [0.15, 0.2) is 17.2 Å². The largest absolute Gasteiger partial charge is 0.493 e. The first-order chi connectivity index (χ1) is 14.1. The van der Waals surface area contributed by atoms with Crippen molar-refractivity contribution in [1.82, 2.24) is 20.3 Å². The van der Waals surface area contributed by atoms with Crippen molar-refractivity contribution in [3.05, 3.63) is 66.0 Å². The molecule has 29 heavy (non-hydrogen) atoms. The molecule has 150 valence electrons. The molecule has 0 aliphatic heterocycles. The number of anilines is 1. The zero-order valence-corrected chi connectivity index (χ0v) is 16.1. The maximum Gasteiger partial charge on any atom is 0.277 e. The van der Waals surface area contributed by atoms with Gasteiger partial charge in [0, 0.05) is 17.8 Å². The van der Waals surface area contributed by atoms with E-state index in [1.54, 1.807) is 30.3 Å². The zero-order chi connectivity index (χ0) is 20.6. The molecule has 9 heteroatoms. The molecule has 0 saturated carbocycles. The van der Waals surface area contributed by atoms with E-state index in [0.717, 1.165) is 0 Å². The molecule has 9 nitrogen and oxygen atoms in total. The highest BCUT2D eigenvalue weighted by Crippen LogP contribution is 2.27. The van der Waals surface area contributed by atoms with E-state index in [2.05, 4.69) is 20.9 Å². The molecule has 0 unspecified atom stereocenters. The Bertz CT molecular complexity index is 988. The molecule has 1 aromatic heterocycles. The number of rotatable bonds is 8. The number of amides is 2. The SMILES string of the molecule is COc1ccc(C(=O)NCCn2cc(C(=O)Nc3ccccc3)nn2)cc1OC. The summed E-state index contributed by atoms with van der Waals surface area (Å²) in [6.45, 7) is 0.681. The fourth-order valence-corrected chi connectivity index (χ4v) is 2.59. The van der Waals surface area contributed by atoms with Crippen molar-refractivity contribution >= 4 is 17.5 Å². The number of nitrogens with one attached hydrogen (secondary N) is 2. The smallest absolute Gasteiger partial charge is 0.277 e. The van der Waals surface area contributed by atoms with Crippen LogP contribution in [0.1, 0.15) is 20.8 Å². The Hall–Kier alpha value is -3.88. The molecule has 0 saturated heterocycles. The number of para-hydroxylation sites is 1. The lowest BCUT2D eigenvalue weighted by Gasteiger charge is -2.10. The Labute approximate surface area is 167 Å². The zero-order valence-electron chi connectivity index (χ0n) is 16.1. The molecule has 3 aromatic rings. The van der Waals surface area contributed by atoms with Crippen LogP contribution in [-0.4, -0.2) is 47.6 Å². The van der Waals surface area contributed by atoms with Crippen LogP contribution in [0, 0.1) is 0 Å². The minimum Gasteiger partial charge on any atom is -0.493 e. The van der Waals surface area contributed by atoms with Gasteiger partial charge in [0.2, 0.25) is 0 Å². The first-order valence-electron chi connectivity index (χ1n) is 8.87. The molecule has 1 heterocycles. The molecule has 3 rings (SSSR count). The van der Waals surface area contributed by atoms with Gasteiger partial charge in [-0.1, -0.05) is 23.4 Å². The summed E-state index contributed by atoms with van der Waals surface area (Å²) in [5.74, 6) is 0.420. The van der Waals surface area contributed by atoms with E-state index >= 15 is 0 Å². The molecule has 2 N–H and O–H groups in total. The fraction of sp³-hybridized carbons (Fsp3) is 0.200. The summed E-state index contributed by atoms with van der Waals surface area (Å²) in [6.07, 6.45) is 1.53. The summed E-state index contributed by atoms with van der Waals surface area (Å²) < 4.78 is 11.9. The molecule has 2 aromatic carbocycles. The van der Waals surface area contributed by atoms with Crippen LogP contribution in [0.5, 0.6) is 11.5 Å². The summed E-state index contributed by atoms with van der Waals surface area (Å²) in [5, 5.41) is 13.3. The van der Waals surface area contributed by atoms with Crippen molar-refractivity contribution in [3.63, 3.8) is 0 Å². The van der Waals surface area contributed by atoms with Gasteiger partial charge in [0.05, 0.1) is 27.0 Å². The summed E-state index contributed by atoms with van der Waals surface area (Å²) in [6, 6.07) is 14.0. The van der Waals surface area contributed by atoms with Gasteiger partial charge < -0.3 is 20.1 Å². The van der Waals surface area contributed by atoms with Gasteiger partial charge in [-0.25, -0.2) is 4.68 Å². The number of methoxy groups -OCH3 is 2. The third kappa shape index (κ3) is 5.10. The Balaban J connectivity index is 1.52. The van der Waals surface area contributed by atoms with Gasteiger partial charge in [-0.3, -0.25) is 9.59 Å². The van der Waals surface area contributed by atoms with Crippen molar-refractivity contribution in [3.8, 4) is 11.5 Å². The van der Waals surface area contributed by atoms with Crippen LogP contribution in [0.2, 0.25) is 0 Å². The Kier molecular flexibility index (Phi) is 6.41. The van der Waals surface area contributed by atoms with Gasteiger partial charge in [-0.2, -0.15) is 0 Å². The quantitative estimate of drug-likeness (QED) is 0.604. The molecule has 0 spiro atoms. The first kappa shape index (κ1) is 19.9. The van der Waals surface area contributed by atoms with Gasteiger partial charge in [0.25, 0.3) is 11.8 Å². The van der Waals surface area contributed by atoms with Crippen LogP contribution in [0.15, 0.2) is 54.7 Å². The van der Waals surface area contributed by atoms with Crippen molar-refractivity contribution in [1.29, 1.82) is 0 Å². The van der Waals surface area contributed by atoms with Crippen LogP contribution >= 0.6 is 0 Å². The van der Waals surface area contributed by atoms with E-state index in [4.69, 9.17) is 9.47 Å². The molecule has 0 bridgehead atoms. The highest BCUT2D eigenvalue weighted by molar-refractivity contribution is 6.02. The standard InChI is InChI=1S/C20H21N5O4/c1-28-17-9-8-14(12-18(17)29-2)19(26)21-10-11-25-13-16(23-24-25)20(27)22-15-6-4-3-5-7-15/h3-9,12-13H,10-11H2,1-2H3,(H,21,26)(H,22,27). The van der Waals surface area contributed by atoms with E-state index in [-0.39, 0.29) is 17.5 Å². The van der Waals surface area contributed by atoms with E-state index in [9.17, 15) is 9.59 Å². The normalized spacial score (nSPS) is 10.3. The lowest BCUT2D eigenvalue weighted by Crippen LogP contribution is -2.27. The Morgan fingerprint density at radius 1 is 1.00 bits per heavy atom. The summed E-state index contributed by atoms with van der Waals surface area (Å²) >= 11 is 0. The predicted octanol–water partition coefficient (Wildman–Crippen LogP) is 1.98. The summed E-state index contributed by atoms with van der Waals surface area (Å²) in [5.41, 5.74) is 1.32. The minimum atomic E-state index is -0.350. The number of hydrogen-bond acceptors (Lipinski definition) is 6. The number of ether oxygens (including phenoxy) is 2. The highest BCUT2D eigenvalue weighted by atomic mass is 16.5. The lowest BCUT2D eigenvalue weighted by molar-refractivity contribution is 0.0950. The van der Waals surface area contributed by atoms with Gasteiger partial charge in [0.1, 0.15) is 0 Å². The van der Waals surface area contributed by atoms with Crippen LogP contribution in [0.3, 0.4) is 0 Å². The van der Waals surface area contributed by atoms with Crippen molar-refractivity contribution in [2.45, 2.75) is 6.54 Å². The molecule has 0 radical (unpaired) electrons. The van der Waals surface area contributed by atoms with Crippen LogP contribution in [0.4, 0.5) is 5.69 Å². The average molecular weight is 395 g/mol. The number of carbonyl (C=O) groups excluding carboxylic acids is 2. The number of aromatic nitrogens is 3. The topological polar surface area (TPSA) is 107 Å². The average Bonchev–Trinajstić information content (AvgIpc) is 3.23. The second kappa shape index (κ2) is 9.36. The third-order valence-corrected chi connectivity index (χ3v) is 4.08. The van der Waals surface area contributed by atoms with E-state index in [1.165, 1.54) is 25.1 Å². The van der Waals surface area contributed by atoms with Crippen molar-refractivity contribution < 1.29 is 19.1 Å². The maximum absolute atomic E-state index is 12.3. The van der Waals surface area contributed by atoms with Crippen LogP contribution in [0.25, 0.3) is 0 Å². The van der Waals surface area contributed by atoms with Crippen molar-refractivity contribution in [2.24, 2.45) is 0 Å². The van der Waals surface area contributed by atoms with E-state index in [1.807, 2.05) is 18.2 Å². The minimum absolute atomic E-state index is 0.195. The molecular formula is C20H21N5O4. The molecule has 0 aliphatic carbocycles. The molecule has 0 atom stereocenters. The van der Waals surface area contributed by atoms with Gasteiger partial charge in [-0.05, 0) is 30.3 Å². The second-order valence-electron chi connectivity index (χ2n) is 6.01. The molecular weight excluding hydrogens is 374 g/mol. The third-order valence-electron chi connectivity index (χ3n) is 4.08. The second-order valence-corrected chi connectivity index (χ2v) is 6.01. The van der Waals surface area contributed by atoms with Crippen LogP contribution < -0.4 is 20.1 Å². The Morgan fingerprint density at radius 2 is 1.76 bits per heavy atom. The molecule has 0 fully saturated rings. The maximum atomic E-state index is 12.3. The number of benzene rings is 2. The number of hydrogen-bond donors (Lipinski definition) is 2. The Morgan fingerprint density at radius 3 is 2.48 bits per heavy atom. The lowest BCUT2D eigenvalue weighted by atomic mass is 10.2. The van der Waals surface area contributed by atoms with Crippen molar-refractivity contribution in [2.75, 3.05) is 26.1 Å². The van der Waals surface area contributed by atoms with E-state index in [0.29, 0.717) is 35.8 Å². The van der Waals surface area contributed by atoms with Crippen LogP contribution in [-0.2, 0) is 6.54 Å². The number of carbonyl (C=O) groups is 2. The fourth-order valence-electron chi connectivity index (χ4n) is 2.59.